The van der Waals surface area contributed by atoms with Crippen LogP contribution in [0, 0.1) is 17.0 Å². The maximum atomic E-state index is 10.9. The van der Waals surface area contributed by atoms with E-state index in [9.17, 15) is 10.1 Å². The second-order valence-electron chi connectivity index (χ2n) is 4.84. The second-order valence-corrected chi connectivity index (χ2v) is 4.84. The summed E-state index contributed by atoms with van der Waals surface area (Å²) >= 11 is 0. The highest BCUT2D eigenvalue weighted by atomic mass is 16.6. The van der Waals surface area contributed by atoms with Crippen LogP contribution in [-0.4, -0.2) is 4.92 Å². The Balaban J connectivity index is 2.22. The van der Waals surface area contributed by atoms with Crippen LogP contribution >= 0.6 is 0 Å². The number of nitro groups is 1. The van der Waals surface area contributed by atoms with Gasteiger partial charge in [0.05, 0.1) is 10.5 Å². The summed E-state index contributed by atoms with van der Waals surface area (Å²) in [6.07, 6.45) is 0.865. The second kappa shape index (κ2) is 6.37. The van der Waals surface area contributed by atoms with Crippen molar-refractivity contribution in [1.29, 1.82) is 0 Å². The maximum absolute atomic E-state index is 10.9. The van der Waals surface area contributed by atoms with E-state index in [0.29, 0.717) is 17.1 Å². The van der Waals surface area contributed by atoms with Gasteiger partial charge < -0.3 is 10.5 Å². The van der Waals surface area contributed by atoms with Gasteiger partial charge in [-0.15, -0.1) is 0 Å². The van der Waals surface area contributed by atoms with Crippen molar-refractivity contribution >= 4 is 5.69 Å². The molecule has 110 valence electrons. The average molecular weight is 286 g/mol. The van der Waals surface area contributed by atoms with Crippen LogP contribution in [0.5, 0.6) is 11.5 Å². The molecule has 0 radical (unpaired) electrons. The molecule has 2 N–H and O–H groups in total. The van der Waals surface area contributed by atoms with Crippen LogP contribution in [0.3, 0.4) is 0 Å². The lowest BCUT2D eigenvalue weighted by Gasteiger charge is -2.12. The Morgan fingerprint density at radius 3 is 2.48 bits per heavy atom. The Labute approximate surface area is 123 Å². The van der Waals surface area contributed by atoms with Crippen LogP contribution in [-0.2, 0) is 0 Å². The van der Waals surface area contributed by atoms with E-state index >= 15 is 0 Å². The number of nitrogens with zero attached hydrogens (tertiary/aromatic N) is 1. The Morgan fingerprint density at radius 1 is 1.24 bits per heavy atom. The van der Waals surface area contributed by atoms with E-state index in [4.69, 9.17) is 10.5 Å². The monoisotopic (exact) mass is 286 g/mol. The SMILES string of the molecule is CC[C@@H](N)c1ccc(Oc2cccc([N+](=O)[O-])c2C)cc1. The summed E-state index contributed by atoms with van der Waals surface area (Å²) in [5, 5.41) is 10.9. The van der Waals surface area contributed by atoms with Gasteiger partial charge in [0, 0.05) is 12.1 Å². The fourth-order valence-corrected chi connectivity index (χ4v) is 2.06. The lowest BCUT2D eigenvalue weighted by molar-refractivity contribution is -0.385. The van der Waals surface area contributed by atoms with Crippen molar-refractivity contribution in [3.63, 3.8) is 0 Å². The van der Waals surface area contributed by atoms with Crippen molar-refractivity contribution in [2.45, 2.75) is 26.3 Å². The molecule has 1 atom stereocenters. The molecule has 0 bridgehead atoms. The van der Waals surface area contributed by atoms with E-state index in [-0.39, 0.29) is 11.7 Å². The first-order valence-corrected chi connectivity index (χ1v) is 6.80. The van der Waals surface area contributed by atoms with Crippen molar-refractivity contribution in [2.24, 2.45) is 5.73 Å². The minimum Gasteiger partial charge on any atom is -0.457 e. The fourth-order valence-electron chi connectivity index (χ4n) is 2.06. The van der Waals surface area contributed by atoms with Crippen LogP contribution in [0.2, 0.25) is 0 Å². The standard InChI is InChI=1S/C16H18N2O3/c1-3-14(17)12-7-9-13(10-8-12)21-16-6-4-5-15(11(16)2)18(19)20/h4-10,14H,3,17H2,1-2H3/t14-/m1/s1. The molecule has 0 heterocycles. The zero-order chi connectivity index (χ0) is 15.4. The maximum Gasteiger partial charge on any atom is 0.276 e. The molecule has 0 aliphatic heterocycles. The fraction of sp³-hybridized carbons (Fsp3) is 0.250. The predicted octanol–water partition coefficient (Wildman–Crippen LogP) is 4.11. The van der Waals surface area contributed by atoms with Gasteiger partial charge >= 0.3 is 0 Å². The number of benzene rings is 2. The van der Waals surface area contributed by atoms with Crippen LogP contribution < -0.4 is 10.5 Å². The van der Waals surface area contributed by atoms with E-state index in [1.54, 1.807) is 19.1 Å². The third-order valence-electron chi connectivity index (χ3n) is 3.43. The topological polar surface area (TPSA) is 78.4 Å². The van der Waals surface area contributed by atoms with Crippen molar-refractivity contribution in [1.82, 2.24) is 0 Å². The third-order valence-corrected chi connectivity index (χ3v) is 3.43. The molecule has 0 amide bonds. The van der Waals surface area contributed by atoms with Gasteiger partial charge in [0.1, 0.15) is 11.5 Å². The zero-order valence-electron chi connectivity index (χ0n) is 12.1. The Morgan fingerprint density at radius 2 is 1.90 bits per heavy atom. The molecule has 0 saturated heterocycles. The highest BCUT2D eigenvalue weighted by Gasteiger charge is 2.14. The minimum atomic E-state index is -0.411. The molecule has 0 aromatic heterocycles. The summed E-state index contributed by atoms with van der Waals surface area (Å²) in [6, 6.07) is 12.3. The van der Waals surface area contributed by atoms with Crippen molar-refractivity contribution in [2.75, 3.05) is 0 Å². The first-order chi connectivity index (χ1) is 10.0. The Bertz CT molecular complexity index is 638. The van der Waals surface area contributed by atoms with Gasteiger partial charge in [-0.3, -0.25) is 10.1 Å². The summed E-state index contributed by atoms with van der Waals surface area (Å²) in [5.41, 5.74) is 7.56. The summed E-state index contributed by atoms with van der Waals surface area (Å²) < 4.78 is 5.72. The molecular weight excluding hydrogens is 268 g/mol. The van der Waals surface area contributed by atoms with Gasteiger partial charge in [0.15, 0.2) is 0 Å². The predicted molar refractivity (Wildman–Crippen MR) is 81.6 cm³/mol. The van der Waals surface area contributed by atoms with Crippen LogP contribution in [0.4, 0.5) is 5.69 Å². The minimum absolute atomic E-state index is 0.0126. The Kier molecular flexibility index (Phi) is 4.55. The van der Waals surface area contributed by atoms with E-state index in [1.807, 2.05) is 31.2 Å². The van der Waals surface area contributed by atoms with Gasteiger partial charge in [0.25, 0.3) is 5.69 Å². The summed E-state index contributed by atoms with van der Waals surface area (Å²) in [4.78, 5) is 10.5. The van der Waals surface area contributed by atoms with Crippen molar-refractivity contribution in [3.05, 3.63) is 63.7 Å². The number of rotatable bonds is 5. The molecule has 21 heavy (non-hydrogen) atoms. The molecule has 0 aliphatic rings. The lowest BCUT2D eigenvalue weighted by atomic mass is 10.1. The molecule has 2 aromatic carbocycles. The highest BCUT2D eigenvalue weighted by Crippen LogP contribution is 2.31. The highest BCUT2D eigenvalue weighted by molar-refractivity contribution is 5.49. The summed E-state index contributed by atoms with van der Waals surface area (Å²) in [5.74, 6) is 1.11. The van der Waals surface area contributed by atoms with E-state index in [1.165, 1.54) is 6.07 Å². The van der Waals surface area contributed by atoms with Gasteiger partial charge in [-0.05, 0) is 37.1 Å². The number of hydrogen-bond donors (Lipinski definition) is 1. The number of nitrogens with two attached hydrogens (primary N) is 1. The van der Waals surface area contributed by atoms with Crippen LogP contribution in [0.15, 0.2) is 42.5 Å². The molecular formula is C16H18N2O3. The van der Waals surface area contributed by atoms with Gasteiger partial charge in [-0.1, -0.05) is 25.1 Å². The van der Waals surface area contributed by atoms with Gasteiger partial charge in [0.2, 0.25) is 0 Å². The molecule has 0 spiro atoms. The third kappa shape index (κ3) is 3.38. The molecule has 0 saturated carbocycles. The Hall–Kier alpha value is -2.40. The molecule has 0 unspecified atom stereocenters. The molecule has 0 aliphatic carbocycles. The molecule has 0 fully saturated rings. The van der Waals surface area contributed by atoms with Crippen LogP contribution in [0.25, 0.3) is 0 Å². The van der Waals surface area contributed by atoms with E-state index in [2.05, 4.69) is 0 Å². The molecule has 5 heteroatoms. The number of ether oxygens (including phenoxy) is 1. The van der Waals surface area contributed by atoms with Gasteiger partial charge in [-0.2, -0.15) is 0 Å². The molecule has 2 aromatic rings. The number of nitro benzene ring substituents is 1. The zero-order valence-corrected chi connectivity index (χ0v) is 12.1. The van der Waals surface area contributed by atoms with Crippen LogP contribution in [0.1, 0.15) is 30.5 Å². The van der Waals surface area contributed by atoms with Crippen molar-refractivity contribution < 1.29 is 9.66 Å². The van der Waals surface area contributed by atoms with E-state index < -0.39 is 4.92 Å². The molecule has 2 rings (SSSR count). The first-order valence-electron chi connectivity index (χ1n) is 6.80. The average Bonchev–Trinajstić information content (AvgIpc) is 2.49. The molecule has 5 nitrogen and oxygen atoms in total. The quantitative estimate of drug-likeness (QED) is 0.662. The van der Waals surface area contributed by atoms with Gasteiger partial charge in [-0.25, -0.2) is 0 Å². The largest absolute Gasteiger partial charge is 0.457 e. The van der Waals surface area contributed by atoms with Crippen molar-refractivity contribution in [3.8, 4) is 11.5 Å². The van der Waals surface area contributed by atoms with E-state index in [0.717, 1.165) is 12.0 Å². The summed E-state index contributed by atoms with van der Waals surface area (Å²) in [6.45, 7) is 3.70. The number of hydrogen-bond acceptors (Lipinski definition) is 4. The lowest BCUT2D eigenvalue weighted by Crippen LogP contribution is -2.08. The smallest absolute Gasteiger partial charge is 0.276 e. The summed E-state index contributed by atoms with van der Waals surface area (Å²) in [7, 11) is 0. The normalized spacial score (nSPS) is 12.0. The first kappa shape index (κ1) is 15.0.